The summed E-state index contributed by atoms with van der Waals surface area (Å²) in [5.41, 5.74) is -0.965. The molecule has 0 bridgehead atoms. The summed E-state index contributed by atoms with van der Waals surface area (Å²) >= 11 is 0. The fourth-order valence-corrected chi connectivity index (χ4v) is 3.59. The van der Waals surface area contributed by atoms with Crippen molar-refractivity contribution >= 4 is 23.9 Å². The van der Waals surface area contributed by atoms with Crippen LogP contribution < -0.4 is 20.1 Å². The monoisotopic (exact) mass is 535 g/mol. The van der Waals surface area contributed by atoms with Crippen LogP contribution in [0.2, 0.25) is 0 Å². The van der Waals surface area contributed by atoms with Gasteiger partial charge >= 0.3 is 12.2 Å². The smallest absolute Gasteiger partial charge is 0.408 e. The van der Waals surface area contributed by atoms with Crippen molar-refractivity contribution in [3.8, 4) is 11.5 Å². The molecule has 11 heteroatoms. The zero-order chi connectivity index (χ0) is 28.7. The molecule has 1 heterocycles. The number of unbranched alkanes of at least 4 members (excludes halogenated alkanes) is 1. The van der Waals surface area contributed by atoms with E-state index in [4.69, 9.17) is 18.9 Å². The Bertz CT molecular complexity index is 1010. The van der Waals surface area contributed by atoms with E-state index in [1.165, 1.54) is 11.9 Å². The van der Waals surface area contributed by atoms with Crippen molar-refractivity contribution in [3.63, 3.8) is 0 Å². The number of amides is 3. The number of ether oxygens (including phenoxy) is 4. The van der Waals surface area contributed by atoms with Crippen molar-refractivity contribution in [3.05, 3.63) is 23.8 Å². The van der Waals surface area contributed by atoms with Gasteiger partial charge < -0.3 is 34.5 Å². The number of carbonyl (C=O) groups excluding carboxylic acids is 4. The summed E-state index contributed by atoms with van der Waals surface area (Å²) in [5, 5.41) is 5.31. The van der Waals surface area contributed by atoms with Crippen LogP contribution in [0.15, 0.2) is 18.2 Å². The van der Waals surface area contributed by atoms with Gasteiger partial charge in [-0.2, -0.15) is 0 Å². The van der Waals surface area contributed by atoms with E-state index < -0.39 is 41.4 Å². The van der Waals surface area contributed by atoms with E-state index in [-0.39, 0.29) is 19.0 Å². The van der Waals surface area contributed by atoms with Gasteiger partial charge in [0.2, 0.25) is 12.7 Å². The Kier molecular flexibility index (Phi) is 10.4. The molecule has 0 radical (unpaired) electrons. The molecule has 1 aromatic carbocycles. The average Bonchev–Trinajstić information content (AvgIpc) is 3.26. The van der Waals surface area contributed by atoms with E-state index in [0.29, 0.717) is 36.4 Å². The molecule has 0 aromatic heterocycles. The predicted octanol–water partition coefficient (Wildman–Crippen LogP) is 4.03. The maximum atomic E-state index is 13.4. The largest absolute Gasteiger partial charge is 0.454 e. The Morgan fingerprint density at radius 2 is 1.55 bits per heavy atom. The summed E-state index contributed by atoms with van der Waals surface area (Å²) in [4.78, 5) is 52.2. The number of nitrogens with one attached hydrogen (secondary N) is 2. The number of carbonyl (C=O) groups is 4. The third-order valence-corrected chi connectivity index (χ3v) is 5.54. The quantitative estimate of drug-likeness (QED) is 0.339. The van der Waals surface area contributed by atoms with Crippen molar-refractivity contribution in [1.29, 1.82) is 0 Å². The van der Waals surface area contributed by atoms with Gasteiger partial charge in [-0.05, 0) is 85.9 Å². The molecule has 3 amide bonds. The maximum absolute atomic E-state index is 13.4. The van der Waals surface area contributed by atoms with E-state index in [0.717, 1.165) is 0 Å². The molecule has 2 rings (SSSR count). The standard InChI is InChI=1S/C27H41N3O8/c1-17(22(31)18-12-13-20-21(15-18)36-16-35-20)30(8)23(32)19(29-25(34)38-27(5,6)7)11-9-10-14-28-24(33)37-26(2,3)4/h12-13,15,17,19H,9-11,14,16H2,1-8H3,(H,28,33)(H,29,34)/t17?,19-/m0/s1. The molecule has 0 saturated heterocycles. The van der Waals surface area contributed by atoms with Crippen LogP contribution in [0.1, 0.15) is 78.1 Å². The molecular formula is C27H41N3O8. The van der Waals surface area contributed by atoms with E-state index in [1.54, 1.807) is 66.7 Å². The number of fused-ring (bicyclic) bond motifs is 1. The van der Waals surface area contributed by atoms with Crippen molar-refractivity contribution < 1.29 is 38.1 Å². The maximum Gasteiger partial charge on any atom is 0.408 e. The van der Waals surface area contributed by atoms with Crippen LogP contribution >= 0.6 is 0 Å². The van der Waals surface area contributed by atoms with Crippen molar-refractivity contribution in [2.24, 2.45) is 0 Å². The predicted molar refractivity (Wildman–Crippen MR) is 140 cm³/mol. The van der Waals surface area contributed by atoms with Crippen LogP contribution in [0.3, 0.4) is 0 Å². The van der Waals surface area contributed by atoms with Crippen LogP contribution in [0.25, 0.3) is 0 Å². The van der Waals surface area contributed by atoms with E-state index >= 15 is 0 Å². The number of ketones is 1. The van der Waals surface area contributed by atoms with Gasteiger partial charge in [0, 0.05) is 19.2 Å². The molecule has 0 aliphatic carbocycles. The Balaban J connectivity index is 2.02. The highest BCUT2D eigenvalue weighted by Crippen LogP contribution is 2.33. The molecule has 1 aliphatic heterocycles. The third kappa shape index (κ3) is 9.75. The van der Waals surface area contributed by atoms with Crippen molar-refractivity contribution in [2.75, 3.05) is 20.4 Å². The topological polar surface area (TPSA) is 132 Å². The van der Waals surface area contributed by atoms with E-state index in [9.17, 15) is 19.2 Å². The number of rotatable bonds is 10. The highest BCUT2D eigenvalue weighted by Gasteiger charge is 2.31. The molecular weight excluding hydrogens is 494 g/mol. The molecule has 11 nitrogen and oxygen atoms in total. The molecule has 212 valence electrons. The van der Waals surface area contributed by atoms with Crippen LogP contribution in [-0.2, 0) is 14.3 Å². The van der Waals surface area contributed by atoms with Crippen LogP contribution in [0.5, 0.6) is 11.5 Å². The molecule has 2 N–H and O–H groups in total. The first kappa shape index (κ1) is 30.7. The fourth-order valence-electron chi connectivity index (χ4n) is 3.59. The molecule has 38 heavy (non-hydrogen) atoms. The summed E-state index contributed by atoms with van der Waals surface area (Å²) in [6.45, 7) is 12.6. The average molecular weight is 536 g/mol. The van der Waals surface area contributed by atoms with Gasteiger partial charge in [0.25, 0.3) is 0 Å². The zero-order valence-corrected chi connectivity index (χ0v) is 23.6. The summed E-state index contributed by atoms with van der Waals surface area (Å²) in [5.74, 6) is 0.317. The lowest BCUT2D eigenvalue weighted by Gasteiger charge is -2.29. The molecule has 1 unspecified atom stereocenters. The molecule has 2 atom stereocenters. The highest BCUT2D eigenvalue weighted by atomic mass is 16.7. The van der Waals surface area contributed by atoms with E-state index in [1.807, 2.05) is 0 Å². The molecule has 1 aliphatic rings. The summed E-state index contributed by atoms with van der Waals surface area (Å²) in [6.07, 6.45) is 0.0939. The minimum absolute atomic E-state index is 0.0895. The minimum atomic E-state index is -0.927. The number of likely N-dealkylation sites (N-methyl/N-ethyl adjacent to an activating group) is 1. The summed E-state index contributed by atoms with van der Waals surface area (Å²) in [6, 6.07) is 3.14. The second-order valence-electron chi connectivity index (χ2n) is 11.2. The summed E-state index contributed by atoms with van der Waals surface area (Å²) in [7, 11) is 1.52. The number of benzene rings is 1. The van der Waals surface area contributed by atoms with Crippen molar-refractivity contribution in [1.82, 2.24) is 15.5 Å². The van der Waals surface area contributed by atoms with Crippen LogP contribution in [0.4, 0.5) is 9.59 Å². The molecule has 0 saturated carbocycles. The molecule has 0 spiro atoms. The number of alkyl carbamates (subject to hydrolysis) is 2. The fraction of sp³-hybridized carbons (Fsp3) is 0.630. The Morgan fingerprint density at radius 3 is 2.18 bits per heavy atom. The zero-order valence-electron chi connectivity index (χ0n) is 23.6. The SMILES string of the molecule is CC(C(=O)c1ccc2c(c1)OCO2)N(C)C(=O)[C@H](CCCCNC(=O)OC(C)(C)C)NC(=O)OC(C)(C)C. The van der Waals surface area contributed by atoms with Gasteiger partial charge in [0.1, 0.15) is 17.2 Å². The Morgan fingerprint density at radius 1 is 0.947 bits per heavy atom. The highest BCUT2D eigenvalue weighted by molar-refractivity contribution is 6.02. The first-order valence-corrected chi connectivity index (χ1v) is 12.7. The number of nitrogens with zero attached hydrogens (tertiary/aromatic N) is 1. The second-order valence-corrected chi connectivity index (χ2v) is 11.2. The third-order valence-electron chi connectivity index (χ3n) is 5.54. The first-order valence-electron chi connectivity index (χ1n) is 12.7. The molecule has 0 fully saturated rings. The number of Topliss-reactive ketones (excluding diaryl/α,β-unsaturated/α-hetero) is 1. The van der Waals surface area contributed by atoms with Gasteiger partial charge in [-0.15, -0.1) is 0 Å². The Labute approximate surface area is 224 Å². The number of hydrogen-bond acceptors (Lipinski definition) is 8. The van der Waals surface area contributed by atoms with Gasteiger partial charge in [-0.1, -0.05) is 0 Å². The normalized spacial score (nSPS) is 14.2. The Hall–Kier alpha value is -3.50. The van der Waals surface area contributed by atoms with Gasteiger partial charge in [-0.3, -0.25) is 9.59 Å². The molecule has 1 aromatic rings. The number of hydrogen-bond donors (Lipinski definition) is 2. The van der Waals surface area contributed by atoms with Gasteiger partial charge in [-0.25, -0.2) is 9.59 Å². The summed E-state index contributed by atoms with van der Waals surface area (Å²) < 4.78 is 21.2. The van der Waals surface area contributed by atoms with Crippen LogP contribution in [-0.4, -0.2) is 72.4 Å². The second kappa shape index (κ2) is 12.8. The van der Waals surface area contributed by atoms with Crippen molar-refractivity contribution in [2.45, 2.75) is 91.0 Å². The lowest BCUT2D eigenvalue weighted by molar-refractivity contribution is -0.133. The lowest BCUT2D eigenvalue weighted by atomic mass is 10.0. The minimum Gasteiger partial charge on any atom is -0.454 e. The lowest BCUT2D eigenvalue weighted by Crippen LogP contribution is -2.52. The first-order chi connectivity index (χ1) is 17.6. The van der Waals surface area contributed by atoms with E-state index in [2.05, 4.69) is 10.6 Å². The van der Waals surface area contributed by atoms with Crippen LogP contribution in [0, 0.1) is 0 Å². The van der Waals surface area contributed by atoms with Gasteiger partial charge in [0.15, 0.2) is 17.3 Å². The van der Waals surface area contributed by atoms with Gasteiger partial charge in [0.05, 0.1) is 6.04 Å².